The second-order valence-electron chi connectivity index (χ2n) is 8.90. The first-order chi connectivity index (χ1) is 14.9. The van der Waals surface area contributed by atoms with Gasteiger partial charge in [0.05, 0.1) is 18.8 Å². The lowest BCUT2D eigenvalue weighted by atomic mass is 9.95. The number of aryl methyl sites for hydroxylation is 1. The number of hydrogen-bond acceptors (Lipinski definition) is 4. The summed E-state index contributed by atoms with van der Waals surface area (Å²) in [5.41, 5.74) is 1.01. The summed E-state index contributed by atoms with van der Waals surface area (Å²) in [7, 11) is 1.85. The minimum absolute atomic E-state index is 0.255. The van der Waals surface area contributed by atoms with Gasteiger partial charge in [0.25, 0.3) is 0 Å². The van der Waals surface area contributed by atoms with E-state index in [2.05, 4.69) is 69.8 Å². The van der Waals surface area contributed by atoms with E-state index < -0.39 is 5.60 Å². The molecule has 2 heterocycles. The van der Waals surface area contributed by atoms with Crippen LogP contribution in [0, 0.1) is 5.92 Å². The van der Waals surface area contributed by atoms with Crippen molar-refractivity contribution in [2.45, 2.75) is 45.3 Å². The number of aliphatic hydroxyl groups is 1. The smallest absolute Gasteiger partial charge is 0.191 e. The van der Waals surface area contributed by atoms with E-state index in [-0.39, 0.29) is 12.6 Å². The SMILES string of the molecule is CCNC(=NCC(C)(O)c1cnn(C)c1)NCC(c1ccccc1)N1CCC(C)CC1. The number of benzene rings is 1. The first-order valence-corrected chi connectivity index (χ1v) is 11.4. The molecule has 0 bridgehead atoms. The van der Waals surface area contributed by atoms with E-state index >= 15 is 0 Å². The molecule has 3 rings (SSSR count). The van der Waals surface area contributed by atoms with Crippen molar-refractivity contribution in [3.05, 3.63) is 53.9 Å². The topological polar surface area (TPSA) is 77.7 Å². The van der Waals surface area contributed by atoms with Crippen LogP contribution in [0.3, 0.4) is 0 Å². The first-order valence-electron chi connectivity index (χ1n) is 11.4. The normalized spacial score (nSPS) is 19.1. The van der Waals surface area contributed by atoms with E-state index in [4.69, 9.17) is 0 Å². The summed E-state index contributed by atoms with van der Waals surface area (Å²) in [6.07, 6.45) is 6.01. The summed E-state index contributed by atoms with van der Waals surface area (Å²) >= 11 is 0. The maximum absolute atomic E-state index is 10.9. The van der Waals surface area contributed by atoms with E-state index in [1.807, 2.05) is 13.2 Å². The second kappa shape index (κ2) is 10.8. The average molecular weight is 427 g/mol. The number of nitrogens with one attached hydrogen (secondary N) is 2. The van der Waals surface area contributed by atoms with Crippen molar-refractivity contribution in [3.63, 3.8) is 0 Å². The molecule has 0 spiro atoms. The van der Waals surface area contributed by atoms with E-state index in [9.17, 15) is 5.11 Å². The number of rotatable bonds is 8. The lowest BCUT2D eigenvalue weighted by Crippen LogP contribution is -2.45. The molecule has 0 amide bonds. The minimum Gasteiger partial charge on any atom is -0.383 e. The van der Waals surface area contributed by atoms with E-state index in [0.29, 0.717) is 0 Å². The number of aromatic nitrogens is 2. The third-order valence-corrected chi connectivity index (χ3v) is 6.12. The standard InChI is InChI=1S/C24H38N6O/c1-5-25-23(27-18-24(3,31)21-15-28-29(4)17-21)26-16-22(20-9-7-6-8-10-20)30-13-11-19(2)12-14-30/h6-10,15,17,19,22,31H,5,11-14,16,18H2,1-4H3,(H2,25,26,27). The van der Waals surface area contributed by atoms with Crippen molar-refractivity contribution in [3.8, 4) is 0 Å². The molecular formula is C24H38N6O. The quantitative estimate of drug-likeness (QED) is 0.447. The summed E-state index contributed by atoms with van der Waals surface area (Å²) < 4.78 is 1.70. The van der Waals surface area contributed by atoms with Gasteiger partial charge in [-0.05, 0) is 51.3 Å². The molecule has 1 saturated heterocycles. The fraction of sp³-hybridized carbons (Fsp3) is 0.583. The number of nitrogens with zero attached hydrogens (tertiary/aromatic N) is 4. The van der Waals surface area contributed by atoms with Crippen molar-refractivity contribution < 1.29 is 5.11 Å². The lowest BCUT2D eigenvalue weighted by Gasteiger charge is -2.37. The van der Waals surface area contributed by atoms with Gasteiger partial charge < -0.3 is 15.7 Å². The Hall–Kier alpha value is -2.38. The second-order valence-corrected chi connectivity index (χ2v) is 8.90. The number of hydrogen-bond donors (Lipinski definition) is 3. The maximum atomic E-state index is 10.9. The molecule has 3 N–H and O–H groups in total. The molecule has 0 aliphatic carbocycles. The molecule has 0 saturated carbocycles. The largest absolute Gasteiger partial charge is 0.383 e. The van der Waals surface area contributed by atoms with Gasteiger partial charge in [-0.1, -0.05) is 37.3 Å². The number of guanidine groups is 1. The van der Waals surface area contributed by atoms with E-state index in [0.717, 1.165) is 43.6 Å². The Morgan fingerprint density at radius 2 is 1.97 bits per heavy atom. The van der Waals surface area contributed by atoms with Crippen molar-refractivity contribution in [1.82, 2.24) is 25.3 Å². The molecular weight excluding hydrogens is 388 g/mol. The van der Waals surface area contributed by atoms with Gasteiger partial charge in [-0.2, -0.15) is 5.10 Å². The predicted molar refractivity (Wildman–Crippen MR) is 126 cm³/mol. The van der Waals surface area contributed by atoms with Crippen LogP contribution < -0.4 is 10.6 Å². The zero-order valence-electron chi connectivity index (χ0n) is 19.4. The Balaban J connectivity index is 1.70. The third-order valence-electron chi connectivity index (χ3n) is 6.12. The highest BCUT2D eigenvalue weighted by atomic mass is 16.3. The molecule has 1 aliphatic rings. The van der Waals surface area contributed by atoms with Crippen LogP contribution in [-0.4, -0.2) is 58.5 Å². The van der Waals surface area contributed by atoms with E-state index in [1.54, 1.807) is 17.8 Å². The molecule has 7 heteroatoms. The van der Waals surface area contributed by atoms with Gasteiger partial charge >= 0.3 is 0 Å². The Kier molecular flexibility index (Phi) is 8.09. The Labute approximate surface area is 186 Å². The molecule has 170 valence electrons. The Morgan fingerprint density at radius 3 is 2.58 bits per heavy atom. The molecule has 7 nitrogen and oxygen atoms in total. The summed E-state index contributed by atoms with van der Waals surface area (Å²) in [4.78, 5) is 7.26. The molecule has 31 heavy (non-hydrogen) atoms. The van der Waals surface area contributed by atoms with Crippen molar-refractivity contribution in [2.24, 2.45) is 18.0 Å². The molecule has 1 fully saturated rings. The maximum Gasteiger partial charge on any atom is 0.191 e. The van der Waals surface area contributed by atoms with Gasteiger partial charge in [-0.3, -0.25) is 9.58 Å². The van der Waals surface area contributed by atoms with Gasteiger partial charge in [0.1, 0.15) is 5.60 Å². The van der Waals surface area contributed by atoms with Crippen molar-refractivity contribution in [2.75, 3.05) is 32.7 Å². The average Bonchev–Trinajstić information content (AvgIpc) is 3.21. The highest BCUT2D eigenvalue weighted by molar-refractivity contribution is 5.79. The molecule has 2 atom stereocenters. The predicted octanol–water partition coefficient (Wildman–Crippen LogP) is 2.66. The summed E-state index contributed by atoms with van der Waals surface area (Å²) in [5, 5.41) is 21.9. The van der Waals surface area contributed by atoms with Gasteiger partial charge in [0.2, 0.25) is 0 Å². The highest BCUT2D eigenvalue weighted by Crippen LogP contribution is 2.26. The molecule has 2 aromatic rings. The zero-order chi connectivity index (χ0) is 22.3. The highest BCUT2D eigenvalue weighted by Gasteiger charge is 2.26. The number of piperidine rings is 1. The van der Waals surface area contributed by atoms with Crippen LogP contribution >= 0.6 is 0 Å². The third kappa shape index (κ3) is 6.55. The van der Waals surface area contributed by atoms with Gasteiger partial charge in [-0.15, -0.1) is 0 Å². The van der Waals surface area contributed by atoms with Crippen molar-refractivity contribution in [1.29, 1.82) is 0 Å². The molecule has 2 unspecified atom stereocenters. The van der Waals surface area contributed by atoms with Gasteiger partial charge in [0, 0.05) is 31.9 Å². The van der Waals surface area contributed by atoms with Gasteiger partial charge in [0.15, 0.2) is 5.96 Å². The Morgan fingerprint density at radius 1 is 1.26 bits per heavy atom. The van der Waals surface area contributed by atoms with Crippen LogP contribution in [0.5, 0.6) is 0 Å². The molecule has 1 aromatic heterocycles. The first kappa shape index (κ1) is 23.3. The van der Waals surface area contributed by atoms with E-state index in [1.165, 1.54) is 18.4 Å². The van der Waals surface area contributed by atoms with Crippen LogP contribution in [0.4, 0.5) is 0 Å². The molecule has 1 aromatic carbocycles. The fourth-order valence-electron chi connectivity index (χ4n) is 4.03. The summed E-state index contributed by atoms with van der Waals surface area (Å²) in [5.74, 6) is 1.52. The van der Waals surface area contributed by atoms with Crippen LogP contribution in [0.15, 0.2) is 47.7 Å². The summed E-state index contributed by atoms with van der Waals surface area (Å²) in [6.45, 7) is 10.2. The minimum atomic E-state index is -1.07. The molecule has 0 radical (unpaired) electrons. The van der Waals surface area contributed by atoms with Crippen LogP contribution in [0.2, 0.25) is 0 Å². The molecule has 1 aliphatic heterocycles. The fourth-order valence-corrected chi connectivity index (χ4v) is 4.03. The Bertz CT molecular complexity index is 824. The summed E-state index contributed by atoms with van der Waals surface area (Å²) in [6, 6.07) is 11.0. The zero-order valence-corrected chi connectivity index (χ0v) is 19.4. The number of aliphatic imine (C=N–C) groups is 1. The monoisotopic (exact) mass is 426 g/mol. The van der Waals surface area contributed by atoms with Crippen molar-refractivity contribution >= 4 is 5.96 Å². The van der Waals surface area contributed by atoms with Crippen LogP contribution in [0.25, 0.3) is 0 Å². The number of likely N-dealkylation sites (tertiary alicyclic amines) is 1. The van der Waals surface area contributed by atoms with Crippen LogP contribution in [0.1, 0.15) is 50.8 Å². The van der Waals surface area contributed by atoms with Gasteiger partial charge in [-0.25, -0.2) is 4.99 Å². The van der Waals surface area contributed by atoms with Crippen LogP contribution in [-0.2, 0) is 12.6 Å². The lowest BCUT2D eigenvalue weighted by molar-refractivity contribution is 0.0671.